The van der Waals surface area contributed by atoms with E-state index in [2.05, 4.69) is 28.2 Å². The van der Waals surface area contributed by atoms with Crippen LogP contribution in [0.25, 0.3) is 5.65 Å². The van der Waals surface area contributed by atoms with Crippen LogP contribution in [0.2, 0.25) is 0 Å². The van der Waals surface area contributed by atoms with Gasteiger partial charge in [0.2, 0.25) is 0 Å². The molecule has 0 aliphatic carbocycles. The van der Waals surface area contributed by atoms with Crippen molar-refractivity contribution in [1.29, 1.82) is 0 Å². The molecule has 0 bridgehead atoms. The molecule has 3 aromatic rings. The predicted molar refractivity (Wildman–Crippen MR) is 87.1 cm³/mol. The maximum absolute atomic E-state index is 4.53. The molecular weight excluding hydrogens is 280 g/mol. The minimum atomic E-state index is 0.777. The van der Waals surface area contributed by atoms with Gasteiger partial charge in [-0.05, 0) is 56.0 Å². The molecule has 1 aromatic carbocycles. The van der Waals surface area contributed by atoms with E-state index in [1.165, 1.54) is 10.5 Å². The molecule has 0 atom stereocenters. The molecule has 0 saturated carbocycles. The van der Waals surface area contributed by atoms with Gasteiger partial charge in [0.15, 0.2) is 5.82 Å². The van der Waals surface area contributed by atoms with Gasteiger partial charge in [0.25, 0.3) is 0 Å². The monoisotopic (exact) mass is 296 g/mol. The van der Waals surface area contributed by atoms with Gasteiger partial charge in [-0.25, -0.2) is 4.98 Å². The van der Waals surface area contributed by atoms with Gasteiger partial charge < -0.3 is 0 Å². The summed E-state index contributed by atoms with van der Waals surface area (Å²) in [5, 5.41) is 8.73. The summed E-state index contributed by atoms with van der Waals surface area (Å²) < 4.78 is 1.96. The first-order chi connectivity index (χ1) is 10.2. The van der Waals surface area contributed by atoms with Crippen LogP contribution < -0.4 is 0 Å². The molecule has 2 aromatic heterocycles. The summed E-state index contributed by atoms with van der Waals surface area (Å²) in [5.41, 5.74) is 3.82. The van der Waals surface area contributed by atoms with Gasteiger partial charge in [-0.1, -0.05) is 6.07 Å². The van der Waals surface area contributed by atoms with Gasteiger partial charge in [0.05, 0.1) is 11.4 Å². The summed E-state index contributed by atoms with van der Waals surface area (Å²) in [5.74, 6) is 0.777. The second kappa shape index (κ2) is 5.69. The fourth-order valence-corrected chi connectivity index (χ4v) is 2.60. The van der Waals surface area contributed by atoms with Crippen molar-refractivity contribution in [3.05, 3.63) is 53.9 Å². The number of thioether (sulfide) groups is 1. The lowest BCUT2D eigenvalue weighted by molar-refractivity contribution is 1.09. The summed E-state index contributed by atoms with van der Waals surface area (Å²) in [6, 6.07) is 12.1. The second-order valence-corrected chi connectivity index (χ2v) is 5.73. The topological polar surface area (TPSA) is 42.0 Å². The smallest absolute Gasteiger partial charge is 0.182 e. The Bertz CT molecular complexity index is 820. The molecule has 4 nitrogen and oxygen atoms in total. The van der Waals surface area contributed by atoms with Gasteiger partial charge >= 0.3 is 0 Å². The highest BCUT2D eigenvalue weighted by Crippen LogP contribution is 2.26. The molecule has 0 unspecified atom stereocenters. The number of azo groups is 1. The third-order valence-electron chi connectivity index (χ3n) is 3.24. The quantitative estimate of drug-likeness (QED) is 0.499. The zero-order chi connectivity index (χ0) is 14.8. The number of nitrogens with zero attached hydrogens (tertiary/aromatic N) is 4. The third-order valence-corrected chi connectivity index (χ3v) is 3.96. The molecule has 0 saturated heterocycles. The summed E-state index contributed by atoms with van der Waals surface area (Å²) >= 11 is 1.69. The van der Waals surface area contributed by atoms with Crippen molar-refractivity contribution in [2.75, 3.05) is 6.26 Å². The van der Waals surface area contributed by atoms with E-state index in [0.717, 1.165) is 22.8 Å². The van der Waals surface area contributed by atoms with Crippen molar-refractivity contribution >= 4 is 28.9 Å². The molecule has 0 aliphatic rings. The van der Waals surface area contributed by atoms with Crippen LogP contribution in [0.1, 0.15) is 11.3 Å². The normalized spacial score (nSPS) is 11.6. The molecule has 0 radical (unpaired) electrons. The first-order valence-corrected chi connectivity index (χ1v) is 7.91. The Morgan fingerprint density at radius 1 is 1.10 bits per heavy atom. The lowest BCUT2D eigenvalue weighted by atomic mass is 10.3. The van der Waals surface area contributed by atoms with Crippen molar-refractivity contribution in [3.8, 4) is 0 Å². The van der Waals surface area contributed by atoms with Gasteiger partial charge in [-0.2, -0.15) is 0 Å². The third kappa shape index (κ3) is 2.83. The van der Waals surface area contributed by atoms with Crippen LogP contribution in [0.3, 0.4) is 0 Å². The summed E-state index contributed by atoms with van der Waals surface area (Å²) in [4.78, 5) is 5.70. The Balaban J connectivity index is 2.00. The van der Waals surface area contributed by atoms with E-state index < -0.39 is 0 Å². The summed E-state index contributed by atoms with van der Waals surface area (Å²) in [7, 11) is 0. The molecule has 0 amide bonds. The van der Waals surface area contributed by atoms with Crippen molar-refractivity contribution in [2.24, 2.45) is 10.2 Å². The largest absolute Gasteiger partial charge is 0.283 e. The van der Waals surface area contributed by atoms with Gasteiger partial charge in [-0.3, -0.25) is 4.40 Å². The Morgan fingerprint density at radius 2 is 1.95 bits per heavy atom. The number of fused-ring (bicyclic) bond motifs is 1. The zero-order valence-corrected chi connectivity index (χ0v) is 13.1. The maximum atomic E-state index is 4.53. The molecule has 0 spiro atoms. The predicted octanol–water partition coefficient (Wildman–Crippen LogP) is 5.09. The number of hydrogen-bond donors (Lipinski definition) is 0. The van der Waals surface area contributed by atoms with Crippen LogP contribution in [0.4, 0.5) is 11.5 Å². The van der Waals surface area contributed by atoms with E-state index in [4.69, 9.17) is 0 Å². The molecule has 21 heavy (non-hydrogen) atoms. The highest BCUT2D eigenvalue weighted by molar-refractivity contribution is 7.98. The van der Waals surface area contributed by atoms with E-state index in [1.807, 2.05) is 54.1 Å². The molecule has 106 valence electrons. The maximum Gasteiger partial charge on any atom is 0.182 e. The lowest BCUT2D eigenvalue weighted by Gasteiger charge is -1.99. The Labute approximate surface area is 127 Å². The van der Waals surface area contributed by atoms with Gasteiger partial charge in [0, 0.05) is 11.1 Å². The van der Waals surface area contributed by atoms with Crippen LogP contribution in [0.15, 0.2) is 57.7 Å². The molecule has 0 N–H and O–H groups in total. The number of aromatic nitrogens is 2. The van der Waals surface area contributed by atoms with Crippen LogP contribution >= 0.6 is 11.8 Å². The van der Waals surface area contributed by atoms with Crippen molar-refractivity contribution in [1.82, 2.24) is 9.38 Å². The van der Waals surface area contributed by atoms with Gasteiger partial charge in [-0.15, -0.1) is 22.0 Å². The van der Waals surface area contributed by atoms with Crippen molar-refractivity contribution in [3.63, 3.8) is 0 Å². The highest BCUT2D eigenvalue weighted by Gasteiger charge is 2.07. The van der Waals surface area contributed by atoms with E-state index in [1.54, 1.807) is 11.8 Å². The van der Waals surface area contributed by atoms with Crippen molar-refractivity contribution < 1.29 is 0 Å². The number of aryl methyl sites for hydroxylation is 2. The average Bonchev–Trinajstić information content (AvgIpc) is 2.80. The molecule has 5 heteroatoms. The standard InChI is InChI=1S/C16H16N4S/c1-11-7-8-20-15(9-11)17-12(2)16(20)19-18-13-5-4-6-14(10-13)21-3/h4-10H,1-3H3. The number of rotatable bonds is 3. The van der Waals surface area contributed by atoms with Crippen LogP contribution in [0, 0.1) is 13.8 Å². The van der Waals surface area contributed by atoms with E-state index >= 15 is 0 Å². The molecule has 0 aliphatic heterocycles. The minimum Gasteiger partial charge on any atom is -0.283 e. The Morgan fingerprint density at radius 3 is 2.76 bits per heavy atom. The molecule has 0 fully saturated rings. The first-order valence-electron chi connectivity index (χ1n) is 6.68. The number of hydrogen-bond acceptors (Lipinski definition) is 4. The SMILES string of the molecule is CSc1cccc(N=Nc2c(C)nc3cc(C)ccn23)c1. The van der Waals surface area contributed by atoms with Crippen molar-refractivity contribution in [2.45, 2.75) is 18.7 Å². The second-order valence-electron chi connectivity index (χ2n) is 4.85. The van der Waals surface area contributed by atoms with E-state index in [-0.39, 0.29) is 0 Å². The van der Waals surface area contributed by atoms with E-state index in [9.17, 15) is 0 Å². The van der Waals surface area contributed by atoms with Crippen LogP contribution in [-0.2, 0) is 0 Å². The zero-order valence-electron chi connectivity index (χ0n) is 12.2. The Kier molecular flexibility index (Phi) is 3.75. The highest BCUT2D eigenvalue weighted by atomic mass is 32.2. The van der Waals surface area contributed by atoms with Crippen LogP contribution in [-0.4, -0.2) is 15.6 Å². The van der Waals surface area contributed by atoms with Crippen LogP contribution in [0.5, 0.6) is 0 Å². The Hall–Kier alpha value is -2.14. The number of benzene rings is 1. The number of imidazole rings is 1. The lowest BCUT2D eigenvalue weighted by Crippen LogP contribution is -1.83. The molecule has 3 rings (SSSR count). The first kappa shape index (κ1) is 13.8. The molecular formula is C16H16N4S. The fourth-order valence-electron chi connectivity index (χ4n) is 2.15. The van der Waals surface area contributed by atoms with E-state index in [0.29, 0.717) is 0 Å². The summed E-state index contributed by atoms with van der Waals surface area (Å²) in [6.45, 7) is 4.01. The van der Waals surface area contributed by atoms with Gasteiger partial charge in [0.1, 0.15) is 5.65 Å². The fraction of sp³-hybridized carbons (Fsp3) is 0.188. The summed E-state index contributed by atoms with van der Waals surface area (Å²) in [6.07, 6.45) is 4.03. The minimum absolute atomic E-state index is 0.777. The number of pyridine rings is 1. The molecule has 2 heterocycles. The average molecular weight is 296 g/mol.